The Labute approximate surface area is 107 Å². The second-order valence-electron chi connectivity index (χ2n) is 3.50. The lowest BCUT2D eigenvalue weighted by atomic mass is 10.0. The van der Waals surface area contributed by atoms with Crippen LogP contribution in [-0.4, -0.2) is 34.5 Å². The number of benzene rings is 1. The van der Waals surface area contributed by atoms with Crippen molar-refractivity contribution in [1.82, 2.24) is 0 Å². The molecule has 2 atom stereocenters. The fourth-order valence-electron chi connectivity index (χ4n) is 1.34. The molecular weight excluding hydrogens is 292 g/mol. The number of aliphatic hydroxyl groups is 2. The van der Waals surface area contributed by atoms with Crippen LogP contribution < -0.4 is 0 Å². The van der Waals surface area contributed by atoms with Crippen molar-refractivity contribution in [1.29, 1.82) is 0 Å². The Balaban J connectivity index is 2.84. The lowest BCUT2D eigenvalue weighted by Gasteiger charge is -2.18. The van der Waals surface area contributed by atoms with Crippen LogP contribution in [0.1, 0.15) is 18.1 Å². The summed E-state index contributed by atoms with van der Waals surface area (Å²) in [7, 11) is 1.19. The number of carbonyl (C=O) groups is 1. The monoisotopic (exact) mass is 304 g/mol. The number of methoxy groups -OCH3 is 1. The predicted molar refractivity (Wildman–Crippen MR) is 63.4 cm³/mol. The molecule has 0 aliphatic rings. The van der Waals surface area contributed by atoms with E-state index in [9.17, 15) is 20.1 Å². The molecule has 0 amide bonds. The molecule has 0 aliphatic carbocycles. The number of ether oxygens (including phenoxy) is 1. The molecule has 17 heavy (non-hydrogen) atoms. The van der Waals surface area contributed by atoms with Gasteiger partial charge in [0.05, 0.1) is 19.6 Å². The average Bonchev–Trinajstić information content (AvgIpc) is 2.31. The van der Waals surface area contributed by atoms with Crippen molar-refractivity contribution >= 4 is 21.9 Å². The van der Waals surface area contributed by atoms with Crippen LogP contribution in [0, 0.1) is 0 Å². The van der Waals surface area contributed by atoms with Crippen LogP contribution in [0.2, 0.25) is 0 Å². The Kier molecular flexibility index (Phi) is 4.92. The van der Waals surface area contributed by atoms with E-state index in [1.807, 2.05) is 0 Å². The zero-order chi connectivity index (χ0) is 13.0. The highest BCUT2D eigenvalue weighted by atomic mass is 79.9. The second-order valence-corrected chi connectivity index (χ2v) is 4.41. The van der Waals surface area contributed by atoms with Gasteiger partial charge in [0.25, 0.3) is 0 Å². The molecule has 0 fully saturated rings. The first-order chi connectivity index (χ1) is 7.95. The Hall–Kier alpha value is -1.11. The van der Waals surface area contributed by atoms with Gasteiger partial charge >= 0.3 is 5.97 Å². The molecule has 5 nitrogen and oxygen atoms in total. The van der Waals surface area contributed by atoms with E-state index in [-0.39, 0.29) is 17.7 Å². The maximum absolute atomic E-state index is 10.9. The molecule has 3 N–H and O–H groups in total. The number of esters is 1. The first-order valence-electron chi connectivity index (χ1n) is 4.87. The highest BCUT2D eigenvalue weighted by Crippen LogP contribution is 2.30. The molecule has 1 aromatic rings. The van der Waals surface area contributed by atoms with Gasteiger partial charge in [-0.3, -0.25) is 4.79 Å². The van der Waals surface area contributed by atoms with Gasteiger partial charge in [-0.2, -0.15) is 0 Å². The third kappa shape index (κ3) is 3.69. The smallest absolute Gasteiger partial charge is 0.308 e. The summed E-state index contributed by atoms with van der Waals surface area (Å²) in [5.41, 5.74) is 0.149. The van der Waals surface area contributed by atoms with E-state index in [1.54, 1.807) is 6.07 Å². The van der Waals surface area contributed by atoms with E-state index >= 15 is 0 Å². The van der Waals surface area contributed by atoms with Gasteiger partial charge in [-0.1, -0.05) is 15.9 Å². The number of hydrogen-bond donors (Lipinski definition) is 3. The molecule has 0 radical (unpaired) electrons. The quantitative estimate of drug-likeness (QED) is 0.726. The van der Waals surface area contributed by atoms with E-state index in [0.717, 1.165) is 0 Å². The third-order valence-electron chi connectivity index (χ3n) is 2.28. The van der Waals surface area contributed by atoms with Gasteiger partial charge in [-0.15, -0.1) is 0 Å². The van der Waals surface area contributed by atoms with Gasteiger partial charge in [0.2, 0.25) is 0 Å². The summed E-state index contributed by atoms with van der Waals surface area (Å²) in [5.74, 6) is -0.782. The lowest BCUT2D eigenvalue weighted by Crippen LogP contribution is -2.22. The van der Waals surface area contributed by atoms with Crippen LogP contribution in [0.15, 0.2) is 22.7 Å². The van der Waals surface area contributed by atoms with Crippen molar-refractivity contribution in [2.75, 3.05) is 7.11 Å². The molecular formula is C11H13BrO5. The minimum absolute atomic E-state index is 0.149. The summed E-state index contributed by atoms with van der Waals surface area (Å²) in [6.07, 6.45) is -3.03. The van der Waals surface area contributed by atoms with Gasteiger partial charge in [0.1, 0.15) is 11.9 Å². The van der Waals surface area contributed by atoms with Gasteiger partial charge in [0, 0.05) is 10.0 Å². The molecule has 0 heterocycles. The summed E-state index contributed by atoms with van der Waals surface area (Å²) in [6.45, 7) is 0. The molecule has 0 spiro atoms. The molecule has 94 valence electrons. The Morgan fingerprint density at radius 1 is 1.47 bits per heavy atom. The number of rotatable bonds is 4. The van der Waals surface area contributed by atoms with Crippen molar-refractivity contribution < 1.29 is 24.9 Å². The minimum Gasteiger partial charge on any atom is -0.508 e. The molecule has 0 saturated heterocycles. The zero-order valence-corrected chi connectivity index (χ0v) is 10.7. The van der Waals surface area contributed by atoms with Gasteiger partial charge in [-0.05, 0) is 18.2 Å². The van der Waals surface area contributed by atoms with Crippen LogP contribution in [0.3, 0.4) is 0 Å². The summed E-state index contributed by atoms with van der Waals surface area (Å²) in [5, 5.41) is 28.9. The van der Waals surface area contributed by atoms with E-state index in [4.69, 9.17) is 0 Å². The number of carbonyl (C=O) groups excluding carboxylic acids is 1. The van der Waals surface area contributed by atoms with Crippen molar-refractivity contribution in [3.8, 4) is 5.75 Å². The van der Waals surface area contributed by atoms with Crippen molar-refractivity contribution in [2.45, 2.75) is 18.6 Å². The summed E-state index contributed by atoms with van der Waals surface area (Å²) >= 11 is 3.18. The molecule has 6 heteroatoms. The Morgan fingerprint density at radius 3 is 2.71 bits per heavy atom. The van der Waals surface area contributed by atoms with Crippen LogP contribution in [0.4, 0.5) is 0 Å². The zero-order valence-electron chi connectivity index (χ0n) is 9.13. The number of phenols is 1. The van der Waals surface area contributed by atoms with Crippen molar-refractivity contribution in [2.24, 2.45) is 0 Å². The molecule has 0 bridgehead atoms. The largest absolute Gasteiger partial charge is 0.508 e. The van der Waals surface area contributed by atoms with Crippen LogP contribution >= 0.6 is 15.9 Å². The summed E-state index contributed by atoms with van der Waals surface area (Å²) in [4.78, 5) is 10.9. The maximum Gasteiger partial charge on any atom is 0.308 e. The topological polar surface area (TPSA) is 87.0 Å². The van der Waals surface area contributed by atoms with Gasteiger partial charge < -0.3 is 20.1 Å². The van der Waals surface area contributed by atoms with Crippen molar-refractivity contribution in [3.63, 3.8) is 0 Å². The number of aromatic hydroxyl groups is 1. The van der Waals surface area contributed by atoms with E-state index in [1.165, 1.54) is 19.2 Å². The normalized spacial score (nSPS) is 14.1. The first-order valence-corrected chi connectivity index (χ1v) is 5.66. The van der Waals surface area contributed by atoms with Gasteiger partial charge in [-0.25, -0.2) is 0 Å². The summed E-state index contributed by atoms with van der Waals surface area (Å²) in [6, 6.07) is 4.45. The Morgan fingerprint density at radius 2 is 2.12 bits per heavy atom. The first kappa shape index (κ1) is 14.0. The SMILES string of the molecule is COC(=O)CC(O)C(O)c1cc(Br)ccc1O. The number of aliphatic hydroxyl groups excluding tert-OH is 2. The fraction of sp³-hybridized carbons (Fsp3) is 0.364. The second kappa shape index (κ2) is 6.00. The maximum atomic E-state index is 10.9. The number of hydrogen-bond acceptors (Lipinski definition) is 5. The third-order valence-corrected chi connectivity index (χ3v) is 2.77. The number of phenolic OH excluding ortho intramolecular Hbond substituents is 1. The molecule has 0 aliphatic heterocycles. The molecule has 0 aromatic heterocycles. The molecule has 0 saturated carbocycles. The Bertz CT molecular complexity index is 407. The molecule has 2 unspecified atom stereocenters. The van der Waals surface area contributed by atoms with Gasteiger partial charge in [0.15, 0.2) is 0 Å². The minimum atomic E-state index is -1.36. The molecule has 1 aromatic carbocycles. The molecule has 1 rings (SSSR count). The lowest BCUT2D eigenvalue weighted by molar-refractivity contribution is -0.144. The highest BCUT2D eigenvalue weighted by Gasteiger charge is 2.24. The van der Waals surface area contributed by atoms with E-state index < -0.39 is 18.2 Å². The highest BCUT2D eigenvalue weighted by molar-refractivity contribution is 9.10. The fourth-order valence-corrected chi connectivity index (χ4v) is 1.71. The predicted octanol–water partition coefficient (Wildman–Crippen LogP) is 1.11. The average molecular weight is 305 g/mol. The number of halogens is 1. The van der Waals surface area contributed by atoms with Crippen molar-refractivity contribution in [3.05, 3.63) is 28.2 Å². The summed E-state index contributed by atoms with van der Waals surface area (Å²) < 4.78 is 5.03. The van der Waals surface area contributed by atoms with Crippen LogP contribution in [-0.2, 0) is 9.53 Å². The van der Waals surface area contributed by atoms with Crippen LogP contribution in [0.25, 0.3) is 0 Å². The van der Waals surface area contributed by atoms with E-state index in [0.29, 0.717) is 4.47 Å². The standard InChI is InChI=1S/C11H13BrO5/c1-17-10(15)5-9(14)11(16)7-4-6(12)2-3-8(7)13/h2-4,9,11,13-14,16H,5H2,1H3. The van der Waals surface area contributed by atoms with Crippen LogP contribution in [0.5, 0.6) is 5.75 Å². The van der Waals surface area contributed by atoms with E-state index in [2.05, 4.69) is 20.7 Å².